The number of carboxylic acid groups (broad SMARTS) is 1. The number of aliphatic carboxylic acids is 1. The summed E-state index contributed by atoms with van der Waals surface area (Å²) in [6, 6.07) is -4.36. The molecule has 0 aliphatic carbocycles. The molecule has 4 amide bonds. The van der Waals surface area contributed by atoms with E-state index in [0.717, 1.165) is 0 Å². The van der Waals surface area contributed by atoms with Gasteiger partial charge in [-0.05, 0) is 25.2 Å². The zero-order chi connectivity index (χ0) is 23.7. The van der Waals surface area contributed by atoms with Crippen molar-refractivity contribution in [1.82, 2.24) is 15.5 Å². The van der Waals surface area contributed by atoms with Crippen molar-refractivity contribution in [3.8, 4) is 0 Å². The van der Waals surface area contributed by atoms with E-state index in [1.54, 1.807) is 6.92 Å². The molecule has 1 aliphatic rings. The molecule has 1 fully saturated rings. The van der Waals surface area contributed by atoms with E-state index in [2.05, 4.69) is 10.6 Å². The summed E-state index contributed by atoms with van der Waals surface area (Å²) in [5.41, 5.74) is 10.6. The second kappa shape index (κ2) is 12.2. The van der Waals surface area contributed by atoms with Crippen molar-refractivity contribution >= 4 is 29.6 Å². The van der Waals surface area contributed by atoms with Crippen LogP contribution in [0.25, 0.3) is 0 Å². The van der Waals surface area contributed by atoms with E-state index in [-0.39, 0.29) is 18.8 Å². The lowest BCUT2D eigenvalue weighted by atomic mass is 9.97. The Balaban J connectivity index is 2.92. The Hall–Kier alpha value is -2.73. The van der Waals surface area contributed by atoms with Gasteiger partial charge in [0.05, 0.1) is 6.61 Å². The summed E-state index contributed by atoms with van der Waals surface area (Å²) in [4.78, 5) is 61.6. The van der Waals surface area contributed by atoms with Gasteiger partial charge in [-0.2, -0.15) is 0 Å². The van der Waals surface area contributed by atoms with Gasteiger partial charge in [-0.25, -0.2) is 4.79 Å². The zero-order valence-corrected chi connectivity index (χ0v) is 17.9. The fourth-order valence-electron chi connectivity index (χ4n) is 3.35. The first-order valence-corrected chi connectivity index (χ1v) is 10.3. The van der Waals surface area contributed by atoms with E-state index in [4.69, 9.17) is 16.6 Å². The molecule has 0 aromatic rings. The SMILES string of the molecule is CCC(C)C(NC(=O)C1CCCN1C(=O)C(N)CO)C(=O)NC(CCC(N)=O)C(=O)O. The fraction of sp³-hybridized carbons (Fsp3) is 0.737. The largest absolute Gasteiger partial charge is 0.480 e. The van der Waals surface area contributed by atoms with Crippen molar-refractivity contribution in [3.63, 3.8) is 0 Å². The molecule has 12 heteroatoms. The van der Waals surface area contributed by atoms with Crippen LogP contribution in [0.4, 0.5) is 0 Å². The van der Waals surface area contributed by atoms with Crippen LogP contribution in [0.1, 0.15) is 46.0 Å². The van der Waals surface area contributed by atoms with E-state index in [1.165, 1.54) is 4.90 Å². The van der Waals surface area contributed by atoms with Gasteiger partial charge in [0.25, 0.3) is 0 Å². The summed E-state index contributed by atoms with van der Waals surface area (Å²) < 4.78 is 0. The molecule has 5 atom stereocenters. The third-order valence-electron chi connectivity index (χ3n) is 5.44. The topological polar surface area (TPSA) is 205 Å². The quantitative estimate of drug-likeness (QED) is 0.192. The van der Waals surface area contributed by atoms with Crippen LogP contribution in [-0.4, -0.2) is 82.0 Å². The number of hydrogen-bond donors (Lipinski definition) is 6. The molecule has 1 heterocycles. The molecule has 176 valence electrons. The Kier molecular flexibility index (Phi) is 10.4. The molecule has 8 N–H and O–H groups in total. The lowest BCUT2D eigenvalue weighted by Crippen LogP contribution is -2.58. The summed E-state index contributed by atoms with van der Waals surface area (Å²) in [7, 11) is 0. The first kappa shape index (κ1) is 26.3. The Morgan fingerprint density at radius 2 is 1.84 bits per heavy atom. The van der Waals surface area contributed by atoms with Gasteiger partial charge in [-0.1, -0.05) is 20.3 Å². The molecular formula is C19H33N5O7. The normalized spacial score (nSPS) is 19.7. The monoisotopic (exact) mass is 443 g/mol. The predicted octanol–water partition coefficient (Wildman–Crippen LogP) is -2.34. The Labute approximate surface area is 180 Å². The van der Waals surface area contributed by atoms with Crippen LogP contribution in [0.15, 0.2) is 0 Å². The minimum absolute atomic E-state index is 0.179. The maximum Gasteiger partial charge on any atom is 0.326 e. The number of rotatable bonds is 12. The van der Waals surface area contributed by atoms with Gasteiger partial charge >= 0.3 is 5.97 Å². The average Bonchev–Trinajstić information content (AvgIpc) is 3.22. The van der Waals surface area contributed by atoms with E-state index < -0.39 is 60.4 Å². The zero-order valence-electron chi connectivity index (χ0n) is 17.9. The van der Waals surface area contributed by atoms with Gasteiger partial charge in [0.15, 0.2) is 0 Å². The van der Waals surface area contributed by atoms with Crippen LogP contribution in [0, 0.1) is 5.92 Å². The molecule has 5 unspecified atom stereocenters. The highest BCUT2D eigenvalue weighted by molar-refractivity contribution is 5.94. The first-order valence-electron chi connectivity index (χ1n) is 10.3. The number of aliphatic hydroxyl groups is 1. The molecule has 0 aromatic carbocycles. The Morgan fingerprint density at radius 1 is 1.19 bits per heavy atom. The number of aliphatic hydroxyl groups excluding tert-OH is 1. The summed E-state index contributed by atoms with van der Waals surface area (Å²) >= 11 is 0. The van der Waals surface area contributed by atoms with Crippen molar-refractivity contribution < 1.29 is 34.2 Å². The Morgan fingerprint density at radius 3 is 2.35 bits per heavy atom. The summed E-state index contributed by atoms with van der Waals surface area (Å²) in [6.07, 6.45) is 1.06. The van der Waals surface area contributed by atoms with Crippen molar-refractivity contribution in [2.24, 2.45) is 17.4 Å². The van der Waals surface area contributed by atoms with Crippen molar-refractivity contribution in [2.45, 2.75) is 70.1 Å². The maximum absolute atomic E-state index is 12.9. The van der Waals surface area contributed by atoms with Gasteiger partial charge in [-0.3, -0.25) is 19.2 Å². The highest BCUT2D eigenvalue weighted by atomic mass is 16.4. The third-order valence-corrected chi connectivity index (χ3v) is 5.44. The molecule has 0 spiro atoms. The van der Waals surface area contributed by atoms with E-state index >= 15 is 0 Å². The van der Waals surface area contributed by atoms with Crippen LogP contribution in [-0.2, 0) is 24.0 Å². The number of carbonyl (C=O) groups is 5. The number of hydrogen-bond acceptors (Lipinski definition) is 7. The minimum atomic E-state index is -1.34. The summed E-state index contributed by atoms with van der Waals surface area (Å²) in [5, 5.41) is 23.4. The molecule has 31 heavy (non-hydrogen) atoms. The molecule has 0 radical (unpaired) electrons. The second-order valence-corrected chi connectivity index (χ2v) is 7.75. The molecular weight excluding hydrogens is 410 g/mol. The number of nitrogens with one attached hydrogen (secondary N) is 2. The van der Waals surface area contributed by atoms with Crippen molar-refractivity contribution in [2.75, 3.05) is 13.2 Å². The molecule has 12 nitrogen and oxygen atoms in total. The summed E-state index contributed by atoms with van der Waals surface area (Å²) in [6.45, 7) is 3.29. The highest BCUT2D eigenvalue weighted by Crippen LogP contribution is 2.19. The molecule has 0 bridgehead atoms. The first-order chi connectivity index (χ1) is 14.5. The number of nitrogens with two attached hydrogens (primary N) is 2. The van der Waals surface area contributed by atoms with Gasteiger partial charge in [-0.15, -0.1) is 0 Å². The van der Waals surface area contributed by atoms with Gasteiger partial charge in [0, 0.05) is 13.0 Å². The van der Waals surface area contributed by atoms with E-state index in [1.807, 2.05) is 6.92 Å². The van der Waals surface area contributed by atoms with E-state index in [0.29, 0.717) is 25.8 Å². The number of carboxylic acids is 1. The van der Waals surface area contributed by atoms with Crippen LogP contribution in [0.2, 0.25) is 0 Å². The number of amides is 4. The van der Waals surface area contributed by atoms with Crippen LogP contribution < -0.4 is 22.1 Å². The van der Waals surface area contributed by atoms with Crippen LogP contribution >= 0.6 is 0 Å². The van der Waals surface area contributed by atoms with Crippen molar-refractivity contribution in [3.05, 3.63) is 0 Å². The standard InChI is InChI=1S/C19H33N5O7/c1-3-10(2)15(17(28)22-12(19(30)31)6-7-14(21)26)23-16(27)13-5-4-8-24(13)18(29)11(20)9-25/h10-13,15,25H,3-9,20H2,1-2H3,(H2,21,26)(H,22,28)(H,23,27)(H,30,31). The van der Waals surface area contributed by atoms with Crippen LogP contribution in [0.5, 0.6) is 0 Å². The lowest BCUT2D eigenvalue weighted by Gasteiger charge is -2.30. The lowest BCUT2D eigenvalue weighted by molar-refractivity contribution is -0.144. The number of nitrogens with zero attached hydrogens (tertiary/aromatic N) is 1. The predicted molar refractivity (Wildman–Crippen MR) is 109 cm³/mol. The third kappa shape index (κ3) is 7.47. The van der Waals surface area contributed by atoms with Gasteiger partial charge < -0.3 is 37.2 Å². The number of primary amides is 1. The highest BCUT2D eigenvalue weighted by Gasteiger charge is 2.38. The van der Waals surface area contributed by atoms with E-state index in [9.17, 15) is 29.1 Å². The molecule has 1 saturated heterocycles. The minimum Gasteiger partial charge on any atom is -0.480 e. The van der Waals surface area contributed by atoms with Gasteiger partial charge in [0.1, 0.15) is 24.2 Å². The van der Waals surface area contributed by atoms with Crippen molar-refractivity contribution in [1.29, 1.82) is 0 Å². The number of carbonyl (C=O) groups excluding carboxylic acids is 4. The fourth-order valence-corrected chi connectivity index (χ4v) is 3.35. The smallest absolute Gasteiger partial charge is 0.326 e. The molecule has 0 aromatic heterocycles. The molecule has 0 saturated carbocycles. The van der Waals surface area contributed by atoms with Crippen LogP contribution in [0.3, 0.4) is 0 Å². The Bertz CT molecular complexity index is 687. The molecule has 1 rings (SSSR count). The second-order valence-electron chi connectivity index (χ2n) is 7.75. The summed E-state index contributed by atoms with van der Waals surface area (Å²) in [5.74, 6) is -4.17. The average molecular weight is 444 g/mol. The number of likely N-dealkylation sites (tertiary alicyclic amines) is 1. The van der Waals surface area contributed by atoms with Gasteiger partial charge in [0.2, 0.25) is 23.6 Å². The molecule has 1 aliphatic heterocycles. The maximum atomic E-state index is 12.9.